The van der Waals surface area contributed by atoms with Crippen LogP contribution in [0.1, 0.15) is 38.7 Å². The van der Waals surface area contributed by atoms with E-state index in [2.05, 4.69) is 17.6 Å². The molecule has 0 aliphatic carbocycles. The Morgan fingerprint density at radius 3 is 2.62 bits per heavy atom. The van der Waals surface area contributed by atoms with Gasteiger partial charge in [0.05, 0.1) is 0 Å². The number of nitrogens with two attached hydrogens (primary N) is 1. The number of hydrogen-bond acceptors (Lipinski definition) is 3. The molecule has 1 aromatic rings. The van der Waals surface area contributed by atoms with Crippen LogP contribution in [0.15, 0.2) is 24.3 Å². The molecule has 0 bridgehead atoms. The summed E-state index contributed by atoms with van der Waals surface area (Å²) in [5.41, 5.74) is 6.55. The average Bonchev–Trinajstić information content (AvgIpc) is 3.03. The zero-order valence-electron chi connectivity index (χ0n) is 15.6. The van der Waals surface area contributed by atoms with Crippen LogP contribution in [0.25, 0.3) is 0 Å². The van der Waals surface area contributed by atoms with E-state index in [9.17, 15) is 14.0 Å². The molecule has 0 aromatic heterocycles. The molecule has 1 aliphatic heterocycles. The van der Waals surface area contributed by atoms with E-state index in [1.807, 2.05) is 6.92 Å². The molecule has 1 heterocycles. The second-order valence-electron chi connectivity index (χ2n) is 7.32. The maximum atomic E-state index is 12.9. The van der Waals surface area contributed by atoms with Crippen molar-refractivity contribution in [3.05, 3.63) is 35.6 Å². The van der Waals surface area contributed by atoms with Gasteiger partial charge in [0.15, 0.2) is 0 Å². The molecule has 4 N–H and O–H groups in total. The standard InChI is InChI=1S/C19H29FN4O2/c1-3-4-16(17(25)24-10-9-19(2,12-21)13-24)23-18(26)22-11-14-5-7-15(20)8-6-14/h5-8,16H,3-4,9-13,21H2,1-2H3,(H2,22,23,26). The first kappa shape index (κ1) is 20.2. The van der Waals surface area contributed by atoms with Gasteiger partial charge >= 0.3 is 6.03 Å². The maximum Gasteiger partial charge on any atom is 0.315 e. The van der Waals surface area contributed by atoms with Crippen LogP contribution in [0, 0.1) is 11.2 Å². The number of carbonyl (C=O) groups is 2. The number of nitrogens with one attached hydrogen (secondary N) is 2. The second kappa shape index (κ2) is 8.98. The fraction of sp³-hybridized carbons (Fsp3) is 0.579. The third-order valence-electron chi connectivity index (χ3n) is 4.91. The monoisotopic (exact) mass is 364 g/mol. The van der Waals surface area contributed by atoms with Crippen LogP contribution in [0.5, 0.6) is 0 Å². The number of benzene rings is 1. The van der Waals surface area contributed by atoms with E-state index < -0.39 is 12.1 Å². The molecule has 6 nitrogen and oxygen atoms in total. The minimum Gasteiger partial charge on any atom is -0.340 e. The van der Waals surface area contributed by atoms with Crippen LogP contribution >= 0.6 is 0 Å². The summed E-state index contributed by atoms with van der Waals surface area (Å²) in [5.74, 6) is -0.372. The van der Waals surface area contributed by atoms with Crippen LogP contribution in [0.4, 0.5) is 9.18 Å². The molecule has 0 radical (unpaired) electrons. The topological polar surface area (TPSA) is 87.5 Å². The summed E-state index contributed by atoms with van der Waals surface area (Å²) < 4.78 is 12.9. The molecule has 2 rings (SSSR count). The molecule has 26 heavy (non-hydrogen) atoms. The minimum atomic E-state index is -0.548. The maximum absolute atomic E-state index is 12.9. The van der Waals surface area contributed by atoms with Crippen molar-refractivity contribution in [2.75, 3.05) is 19.6 Å². The van der Waals surface area contributed by atoms with Crippen molar-refractivity contribution in [1.82, 2.24) is 15.5 Å². The highest BCUT2D eigenvalue weighted by Gasteiger charge is 2.37. The quantitative estimate of drug-likeness (QED) is 0.691. The first-order valence-corrected chi connectivity index (χ1v) is 9.14. The van der Waals surface area contributed by atoms with E-state index in [0.717, 1.165) is 18.4 Å². The Morgan fingerprint density at radius 2 is 2.04 bits per heavy atom. The summed E-state index contributed by atoms with van der Waals surface area (Å²) in [7, 11) is 0. The number of rotatable bonds is 7. The second-order valence-corrected chi connectivity index (χ2v) is 7.32. The number of halogens is 1. The Labute approximate surface area is 154 Å². The lowest BCUT2D eigenvalue weighted by atomic mass is 9.90. The van der Waals surface area contributed by atoms with E-state index >= 15 is 0 Å². The fourth-order valence-electron chi connectivity index (χ4n) is 3.14. The largest absolute Gasteiger partial charge is 0.340 e. The van der Waals surface area contributed by atoms with Gasteiger partial charge in [0.1, 0.15) is 11.9 Å². The highest BCUT2D eigenvalue weighted by Crippen LogP contribution is 2.29. The number of hydrogen-bond donors (Lipinski definition) is 3. The SMILES string of the molecule is CCCC(NC(=O)NCc1ccc(F)cc1)C(=O)N1CCC(C)(CN)C1. The van der Waals surface area contributed by atoms with Crippen LogP contribution in [-0.4, -0.2) is 42.5 Å². The summed E-state index contributed by atoms with van der Waals surface area (Å²) in [6, 6.07) is 4.97. The smallest absolute Gasteiger partial charge is 0.315 e. The van der Waals surface area contributed by atoms with Gasteiger partial charge < -0.3 is 21.3 Å². The van der Waals surface area contributed by atoms with Crippen molar-refractivity contribution in [3.63, 3.8) is 0 Å². The van der Waals surface area contributed by atoms with Crippen molar-refractivity contribution in [3.8, 4) is 0 Å². The lowest BCUT2D eigenvalue weighted by Gasteiger charge is -2.26. The summed E-state index contributed by atoms with van der Waals surface area (Å²) in [4.78, 5) is 26.8. The van der Waals surface area contributed by atoms with Crippen molar-refractivity contribution < 1.29 is 14.0 Å². The number of nitrogens with zero attached hydrogens (tertiary/aromatic N) is 1. The molecule has 2 unspecified atom stereocenters. The Hall–Kier alpha value is -2.15. The van der Waals surface area contributed by atoms with Gasteiger partial charge in [-0.3, -0.25) is 4.79 Å². The Balaban J connectivity index is 1.89. The predicted octanol–water partition coefficient (Wildman–Crippen LogP) is 1.99. The summed E-state index contributed by atoms with van der Waals surface area (Å²) in [6.07, 6.45) is 2.25. The van der Waals surface area contributed by atoms with Crippen LogP contribution in [0.3, 0.4) is 0 Å². The van der Waals surface area contributed by atoms with Gasteiger partial charge in [-0.15, -0.1) is 0 Å². The molecule has 0 saturated carbocycles. The Kier molecular flexibility index (Phi) is 6.97. The third-order valence-corrected chi connectivity index (χ3v) is 4.91. The number of carbonyl (C=O) groups excluding carboxylic acids is 2. The molecule has 1 saturated heterocycles. The van der Waals surface area contributed by atoms with E-state index in [1.54, 1.807) is 17.0 Å². The van der Waals surface area contributed by atoms with Gasteiger partial charge in [-0.2, -0.15) is 0 Å². The average molecular weight is 364 g/mol. The van der Waals surface area contributed by atoms with E-state index in [-0.39, 0.29) is 23.7 Å². The Bertz CT molecular complexity index is 622. The Morgan fingerprint density at radius 1 is 1.35 bits per heavy atom. The van der Waals surface area contributed by atoms with Crippen molar-refractivity contribution >= 4 is 11.9 Å². The summed E-state index contributed by atoms with van der Waals surface area (Å²) in [6.45, 7) is 6.17. The molecule has 2 atom stereocenters. The molecule has 144 valence electrons. The van der Waals surface area contributed by atoms with Gasteiger partial charge in [0, 0.05) is 19.6 Å². The first-order chi connectivity index (χ1) is 12.4. The van der Waals surface area contributed by atoms with Crippen LogP contribution in [0.2, 0.25) is 0 Å². The third kappa shape index (κ3) is 5.42. The molecular weight excluding hydrogens is 335 g/mol. The molecule has 0 spiro atoms. The van der Waals surface area contributed by atoms with E-state index in [4.69, 9.17) is 5.73 Å². The highest BCUT2D eigenvalue weighted by molar-refractivity contribution is 5.87. The first-order valence-electron chi connectivity index (χ1n) is 9.14. The zero-order valence-corrected chi connectivity index (χ0v) is 15.6. The van der Waals surface area contributed by atoms with E-state index in [0.29, 0.717) is 26.1 Å². The number of likely N-dealkylation sites (tertiary alicyclic amines) is 1. The van der Waals surface area contributed by atoms with Crippen molar-refractivity contribution in [1.29, 1.82) is 0 Å². The van der Waals surface area contributed by atoms with Gasteiger partial charge in [0.25, 0.3) is 0 Å². The molecular formula is C19H29FN4O2. The van der Waals surface area contributed by atoms with E-state index in [1.165, 1.54) is 12.1 Å². The normalized spacial score (nSPS) is 20.7. The lowest BCUT2D eigenvalue weighted by Crippen LogP contribution is -2.51. The van der Waals surface area contributed by atoms with Crippen molar-refractivity contribution in [2.24, 2.45) is 11.1 Å². The molecule has 1 fully saturated rings. The molecule has 7 heteroatoms. The summed E-state index contributed by atoms with van der Waals surface area (Å²) >= 11 is 0. The van der Waals surface area contributed by atoms with Gasteiger partial charge in [-0.25, -0.2) is 9.18 Å². The molecule has 1 aliphatic rings. The van der Waals surface area contributed by atoms with Crippen LogP contribution in [-0.2, 0) is 11.3 Å². The van der Waals surface area contributed by atoms with Gasteiger partial charge in [-0.05, 0) is 42.5 Å². The lowest BCUT2D eigenvalue weighted by molar-refractivity contribution is -0.132. The van der Waals surface area contributed by atoms with Crippen LogP contribution < -0.4 is 16.4 Å². The van der Waals surface area contributed by atoms with Crippen molar-refractivity contribution in [2.45, 2.75) is 45.7 Å². The summed E-state index contributed by atoms with van der Waals surface area (Å²) in [5, 5.41) is 5.49. The number of amides is 3. The van der Waals surface area contributed by atoms with Gasteiger partial charge in [0.2, 0.25) is 5.91 Å². The highest BCUT2D eigenvalue weighted by atomic mass is 19.1. The predicted molar refractivity (Wildman–Crippen MR) is 98.8 cm³/mol. The minimum absolute atomic E-state index is 0.0444. The fourth-order valence-corrected chi connectivity index (χ4v) is 3.14. The molecule has 1 aromatic carbocycles. The zero-order chi connectivity index (χ0) is 19.2. The number of urea groups is 1. The molecule has 3 amide bonds. The van der Waals surface area contributed by atoms with Gasteiger partial charge in [-0.1, -0.05) is 32.4 Å².